The molecule has 0 spiro atoms. The van der Waals surface area contributed by atoms with E-state index in [2.05, 4.69) is 4.98 Å². The zero-order valence-electron chi connectivity index (χ0n) is 11.0. The van der Waals surface area contributed by atoms with Crippen molar-refractivity contribution in [3.8, 4) is 0 Å². The Hall–Kier alpha value is -1.24. The van der Waals surface area contributed by atoms with Crippen molar-refractivity contribution in [3.05, 3.63) is 60.2 Å². The SMILES string of the molecule is Fc1ccc(SCCc2ccccn2)cc1.O=P(O)(O)O. The monoisotopic (exact) mass is 331 g/mol. The summed E-state index contributed by atoms with van der Waals surface area (Å²) in [5, 5.41) is 0. The molecule has 0 saturated carbocycles. The van der Waals surface area contributed by atoms with Crippen molar-refractivity contribution >= 4 is 19.6 Å². The summed E-state index contributed by atoms with van der Waals surface area (Å²) in [6.45, 7) is 0. The van der Waals surface area contributed by atoms with Crippen molar-refractivity contribution in [2.45, 2.75) is 11.3 Å². The summed E-state index contributed by atoms with van der Waals surface area (Å²) >= 11 is 1.72. The Bertz CT molecular complexity index is 568. The summed E-state index contributed by atoms with van der Waals surface area (Å²) in [7, 11) is -4.64. The fourth-order valence-corrected chi connectivity index (χ4v) is 2.23. The maximum atomic E-state index is 12.7. The normalized spacial score (nSPS) is 10.7. The highest BCUT2D eigenvalue weighted by atomic mass is 32.2. The molecule has 1 heterocycles. The van der Waals surface area contributed by atoms with Crippen molar-refractivity contribution in [1.29, 1.82) is 0 Å². The van der Waals surface area contributed by atoms with Crippen molar-refractivity contribution < 1.29 is 23.6 Å². The van der Waals surface area contributed by atoms with Crippen LogP contribution in [0.25, 0.3) is 0 Å². The van der Waals surface area contributed by atoms with Crippen LogP contribution in [0.4, 0.5) is 4.39 Å². The first-order chi connectivity index (χ1) is 9.84. The molecule has 0 radical (unpaired) electrons. The molecule has 0 aliphatic rings. The van der Waals surface area contributed by atoms with E-state index in [0.29, 0.717) is 0 Å². The van der Waals surface area contributed by atoms with Gasteiger partial charge in [-0.1, -0.05) is 6.07 Å². The van der Waals surface area contributed by atoms with Crippen LogP contribution < -0.4 is 0 Å². The molecule has 21 heavy (non-hydrogen) atoms. The Balaban J connectivity index is 0.000000383. The van der Waals surface area contributed by atoms with E-state index < -0.39 is 7.82 Å². The molecule has 3 N–H and O–H groups in total. The van der Waals surface area contributed by atoms with E-state index in [1.807, 2.05) is 18.2 Å². The largest absolute Gasteiger partial charge is 0.466 e. The molecular formula is C13H15FNO4PS. The van der Waals surface area contributed by atoms with E-state index in [0.717, 1.165) is 22.8 Å². The summed E-state index contributed by atoms with van der Waals surface area (Å²) in [6.07, 6.45) is 2.74. The lowest BCUT2D eigenvalue weighted by molar-refractivity contribution is 0.275. The molecule has 0 bridgehead atoms. The first-order valence-corrected chi connectivity index (χ1v) is 8.46. The van der Waals surface area contributed by atoms with Crippen LogP contribution in [0, 0.1) is 5.82 Å². The van der Waals surface area contributed by atoms with Crippen LogP contribution in [-0.2, 0) is 11.0 Å². The summed E-state index contributed by atoms with van der Waals surface area (Å²) in [6, 6.07) is 12.5. The molecular weight excluding hydrogens is 316 g/mol. The molecule has 5 nitrogen and oxygen atoms in total. The average Bonchev–Trinajstić information content (AvgIpc) is 2.40. The number of hydrogen-bond donors (Lipinski definition) is 3. The van der Waals surface area contributed by atoms with Gasteiger partial charge in [0.25, 0.3) is 0 Å². The van der Waals surface area contributed by atoms with E-state index in [-0.39, 0.29) is 5.82 Å². The molecule has 0 aliphatic carbocycles. The Kier molecular flexibility index (Phi) is 7.56. The highest BCUT2D eigenvalue weighted by Gasteiger charge is 2.00. The number of rotatable bonds is 4. The Morgan fingerprint density at radius 1 is 1.10 bits per heavy atom. The van der Waals surface area contributed by atoms with Crippen LogP contribution in [0.1, 0.15) is 5.69 Å². The predicted molar refractivity (Wildman–Crippen MR) is 79.3 cm³/mol. The summed E-state index contributed by atoms with van der Waals surface area (Å²) < 4.78 is 21.5. The minimum absolute atomic E-state index is 0.186. The van der Waals surface area contributed by atoms with E-state index in [1.165, 1.54) is 12.1 Å². The minimum atomic E-state index is -4.64. The molecule has 0 aliphatic heterocycles. The Morgan fingerprint density at radius 3 is 2.24 bits per heavy atom. The maximum Gasteiger partial charge on any atom is 0.466 e. The van der Waals surface area contributed by atoms with Gasteiger partial charge in [0.15, 0.2) is 0 Å². The van der Waals surface area contributed by atoms with Crippen LogP contribution in [0.15, 0.2) is 53.6 Å². The quantitative estimate of drug-likeness (QED) is 0.589. The fourth-order valence-electron chi connectivity index (χ4n) is 1.35. The topological polar surface area (TPSA) is 90.7 Å². The van der Waals surface area contributed by atoms with Gasteiger partial charge >= 0.3 is 7.82 Å². The van der Waals surface area contributed by atoms with Crippen molar-refractivity contribution in [1.82, 2.24) is 4.98 Å². The van der Waals surface area contributed by atoms with E-state index in [4.69, 9.17) is 19.2 Å². The molecule has 0 unspecified atom stereocenters. The van der Waals surface area contributed by atoms with Crippen LogP contribution in [0.2, 0.25) is 0 Å². The number of aryl methyl sites for hydroxylation is 1. The van der Waals surface area contributed by atoms with Gasteiger partial charge in [0.05, 0.1) is 0 Å². The Labute approximate surface area is 126 Å². The smallest absolute Gasteiger partial charge is 0.303 e. The van der Waals surface area contributed by atoms with E-state index >= 15 is 0 Å². The first kappa shape index (κ1) is 17.8. The zero-order chi connectivity index (χ0) is 15.7. The van der Waals surface area contributed by atoms with Gasteiger partial charge in [0.1, 0.15) is 5.82 Å². The third kappa shape index (κ3) is 10.2. The second kappa shape index (κ2) is 8.92. The lowest BCUT2D eigenvalue weighted by Crippen LogP contribution is -1.91. The fraction of sp³-hybridized carbons (Fsp3) is 0.154. The minimum Gasteiger partial charge on any atom is -0.303 e. The van der Waals surface area contributed by atoms with Gasteiger partial charge < -0.3 is 14.7 Å². The molecule has 0 fully saturated rings. The molecule has 0 amide bonds. The molecule has 0 saturated heterocycles. The van der Waals surface area contributed by atoms with Gasteiger partial charge in [-0.05, 0) is 42.8 Å². The van der Waals surface area contributed by atoms with Crippen LogP contribution in [0.5, 0.6) is 0 Å². The molecule has 0 atom stereocenters. The van der Waals surface area contributed by atoms with Gasteiger partial charge in [-0.15, -0.1) is 11.8 Å². The van der Waals surface area contributed by atoms with Gasteiger partial charge in [0.2, 0.25) is 0 Å². The van der Waals surface area contributed by atoms with Gasteiger partial charge in [0, 0.05) is 22.5 Å². The summed E-state index contributed by atoms with van der Waals surface area (Å²) in [4.78, 5) is 26.9. The molecule has 8 heteroatoms. The van der Waals surface area contributed by atoms with Gasteiger partial charge in [-0.3, -0.25) is 4.98 Å². The highest BCUT2D eigenvalue weighted by Crippen LogP contribution is 2.25. The molecule has 114 valence electrons. The summed E-state index contributed by atoms with van der Waals surface area (Å²) in [5.74, 6) is 0.775. The van der Waals surface area contributed by atoms with Gasteiger partial charge in [-0.25, -0.2) is 8.96 Å². The van der Waals surface area contributed by atoms with E-state index in [1.54, 1.807) is 30.1 Å². The van der Waals surface area contributed by atoms with Crippen molar-refractivity contribution in [2.75, 3.05) is 5.75 Å². The predicted octanol–water partition coefficient (Wildman–Crippen LogP) is 2.63. The number of pyridine rings is 1. The number of phosphoric acid groups is 1. The molecule has 1 aromatic carbocycles. The number of nitrogens with zero attached hydrogens (tertiary/aromatic N) is 1. The van der Waals surface area contributed by atoms with Crippen molar-refractivity contribution in [2.24, 2.45) is 0 Å². The zero-order valence-corrected chi connectivity index (χ0v) is 12.7. The number of halogens is 1. The third-order valence-electron chi connectivity index (χ3n) is 2.17. The number of thioether (sulfide) groups is 1. The van der Waals surface area contributed by atoms with Crippen LogP contribution >= 0.6 is 19.6 Å². The van der Waals surface area contributed by atoms with Crippen molar-refractivity contribution in [3.63, 3.8) is 0 Å². The second-order valence-corrected chi connectivity index (χ2v) is 6.08. The highest BCUT2D eigenvalue weighted by molar-refractivity contribution is 7.99. The van der Waals surface area contributed by atoms with Crippen LogP contribution in [-0.4, -0.2) is 25.4 Å². The van der Waals surface area contributed by atoms with Gasteiger partial charge in [-0.2, -0.15) is 0 Å². The lowest BCUT2D eigenvalue weighted by Gasteiger charge is -2.01. The number of hydrogen-bond acceptors (Lipinski definition) is 3. The maximum absolute atomic E-state index is 12.7. The second-order valence-electron chi connectivity index (χ2n) is 3.89. The first-order valence-electron chi connectivity index (χ1n) is 5.91. The molecule has 2 rings (SSSR count). The third-order valence-corrected chi connectivity index (χ3v) is 3.18. The number of aromatic nitrogens is 1. The number of benzene rings is 1. The molecule has 1 aromatic heterocycles. The summed E-state index contributed by atoms with van der Waals surface area (Å²) in [5.41, 5.74) is 1.09. The molecule has 2 aromatic rings. The van der Waals surface area contributed by atoms with E-state index in [9.17, 15) is 4.39 Å². The lowest BCUT2D eigenvalue weighted by atomic mass is 10.3. The van der Waals surface area contributed by atoms with Crippen LogP contribution in [0.3, 0.4) is 0 Å². The Morgan fingerprint density at radius 2 is 1.71 bits per heavy atom. The standard InChI is InChI=1S/C13H12FNS.H3O4P/c14-11-4-6-13(7-5-11)16-10-8-12-3-1-2-9-15-12;1-5(2,3)4/h1-7,9H,8,10H2;(H3,1,2,3,4). The average molecular weight is 331 g/mol.